The molecule has 138 valence electrons. The van der Waals surface area contributed by atoms with Gasteiger partial charge in [-0.05, 0) is 18.1 Å². The number of carboxylic acids is 1. The lowest BCUT2D eigenvalue weighted by Gasteiger charge is -2.22. The van der Waals surface area contributed by atoms with Gasteiger partial charge in [0, 0.05) is 30.9 Å². The second kappa shape index (κ2) is 7.88. The van der Waals surface area contributed by atoms with E-state index in [1.54, 1.807) is 29.0 Å². The molecule has 1 fully saturated rings. The molecule has 0 saturated carbocycles. The highest BCUT2D eigenvalue weighted by Crippen LogP contribution is 2.25. The van der Waals surface area contributed by atoms with E-state index < -0.39 is 5.97 Å². The minimum Gasteiger partial charge on any atom is -0.481 e. The van der Waals surface area contributed by atoms with Crippen molar-refractivity contribution >= 4 is 23.5 Å². The molecule has 7 nitrogen and oxygen atoms in total. The number of halogens is 1. The molecule has 8 heteroatoms. The molecule has 26 heavy (non-hydrogen) atoms. The van der Waals surface area contributed by atoms with Gasteiger partial charge in [-0.3, -0.25) is 14.3 Å². The van der Waals surface area contributed by atoms with Crippen LogP contribution in [-0.4, -0.2) is 57.5 Å². The van der Waals surface area contributed by atoms with Crippen LogP contribution in [0.4, 0.5) is 0 Å². The smallest absolute Gasteiger partial charge is 0.305 e. The summed E-state index contributed by atoms with van der Waals surface area (Å²) in [4.78, 5) is 25.5. The molecule has 2 aromatic rings. The fourth-order valence-corrected chi connectivity index (χ4v) is 3.41. The molecule has 1 aromatic heterocycles. The molecule has 1 aromatic carbocycles. The molecule has 1 aliphatic heterocycles. The van der Waals surface area contributed by atoms with Crippen molar-refractivity contribution in [3.63, 3.8) is 0 Å². The normalized spacial score (nSPS) is 19.7. The first-order chi connectivity index (χ1) is 12.5. The lowest BCUT2D eigenvalue weighted by Crippen LogP contribution is -2.37. The number of likely N-dealkylation sites (tertiary alicyclic amines) is 1. The summed E-state index contributed by atoms with van der Waals surface area (Å²) >= 11 is 6.16. The third kappa shape index (κ3) is 4.05. The number of aromatic nitrogens is 2. The SMILES string of the molecule is COC1CC(CC(=O)O)N(C(=O)c2cnn(Cc3ccccc3Cl)c2)C1. The summed E-state index contributed by atoms with van der Waals surface area (Å²) in [6.45, 7) is 0.829. The number of carbonyl (C=O) groups excluding carboxylic acids is 1. The van der Waals surface area contributed by atoms with Crippen molar-refractivity contribution in [2.75, 3.05) is 13.7 Å². The first-order valence-electron chi connectivity index (χ1n) is 8.29. The third-order valence-corrected chi connectivity index (χ3v) is 4.92. The molecule has 0 spiro atoms. The molecule has 1 aliphatic rings. The molecule has 0 aliphatic carbocycles. The fraction of sp³-hybridized carbons (Fsp3) is 0.389. The van der Waals surface area contributed by atoms with Crippen LogP contribution in [0.15, 0.2) is 36.7 Å². The van der Waals surface area contributed by atoms with E-state index in [0.717, 1.165) is 5.56 Å². The van der Waals surface area contributed by atoms with Crippen LogP contribution in [0.1, 0.15) is 28.8 Å². The number of amides is 1. The molecule has 2 atom stereocenters. The number of hydrogen-bond acceptors (Lipinski definition) is 4. The second-order valence-corrected chi connectivity index (χ2v) is 6.73. The minimum atomic E-state index is -0.932. The highest BCUT2D eigenvalue weighted by atomic mass is 35.5. The number of hydrogen-bond donors (Lipinski definition) is 1. The number of methoxy groups -OCH3 is 1. The first kappa shape index (κ1) is 18.4. The van der Waals surface area contributed by atoms with Crippen molar-refractivity contribution in [3.05, 3.63) is 52.8 Å². The van der Waals surface area contributed by atoms with Gasteiger partial charge in [0.1, 0.15) is 0 Å². The van der Waals surface area contributed by atoms with E-state index in [1.165, 1.54) is 6.20 Å². The van der Waals surface area contributed by atoms with Crippen molar-refractivity contribution in [1.82, 2.24) is 14.7 Å². The maximum atomic E-state index is 12.8. The van der Waals surface area contributed by atoms with Crippen LogP contribution in [-0.2, 0) is 16.1 Å². The Morgan fingerprint density at radius 2 is 2.15 bits per heavy atom. The van der Waals surface area contributed by atoms with Gasteiger partial charge in [-0.1, -0.05) is 29.8 Å². The number of carbonyl (C=O) groups is 2. The van der Waals surface area contributed by atoms with Gasteiger partial charge in [-0.25, -0.2) is 0 Å². The predicted molar refractivity (Wildman–Crippen MR) is 95.3 cm³/mol. The van der Waals surface area contributed by atoms with Gasteiger partial charge in [0.15, 0.2) is 0 Å². The van der Waals surface area contributed by atoms with Crippen LogP contribution in [0, 0.1) is 0 Å². The molecular formula is C18H20ClN3O4. The summed E-state index contributed by atoms with van der Waals surface area (Å²) < 4.78 is 6.96. The summed E-state index contributed by atoms with van der Waals surface area (Å²) in [6.07, 6.45) is 3.42. The Labute approximate surface area is 156 Å². The number of aliphatic carboxylic acids is 1. The summed E-state index contributed by atoms with van der Waals surface area (Å²) in [5.74, 6) is -1.17. The Morgan fingerprint density at radius 3 is 2.85 bits per heavy atom. The van der Waals surface area contributed by atoms with Crippen molar-refractivity contribution in [1.29, 1.82) is 0 Å². The van der Waals surface area contributed by atoms with Crippen molar-refractivity contribution in [2.24, 2.45) is 0 Å². The Morgan fingerprint density at radius 1 is 1.38 bits per heavy atom. The lowest BCUT2D eigenvalue weighted by molar-refractivity contribution is -0.137. The van der Waals surface area contributed by atoms with Crippen LogP contribution in [0.25, 0.3) is 0 Å². The van der Waals surface area contributed by atoms with Gasteiger partial charge >= 0.3 is 5.97 Å². The Balaban J connectivity index is 1.74. The van der Waals surface area contributed by atoms with Crippen molar-refractivity contribution in [2.45, 2.75) is 31.5 Å². The van der Waals surface area contributed by atoms with E-state index in [1.807, 2.05) is 18.2 Å². The average Bonchev–Trinajstić information content (AvgIpc) is 3.23. The molecule has 0 bridgehead atoms. The minimum absolute atomic E-state index is 0.0979. The maximum Gasteiger partial charge on any atom is 0.305 e. The van der Waals surface area contributed by atoms with Crippen LogP contribution in [0.3, 0.4) is 0 Å². The van der Waals surface area contributed by atoms with E-state index in [2.05, 4.69) is 5.10 Å². The van der Waals surface area contributed by atoms with E-state index in [9.17, 15) is 9.59 Å². The summed E-state index contributed by atoms with van der Waals surface area (Å²) in [5, 5.41) is 14.0. The predicted octanol–water partition coefficient (Wildman–Crippen LogP) is 2.29. The Hall–Kier alpha value is -2.38. The molecule has 1 amide bonds. The van der Waals surface area contributed by atoms with Crippen molar-refractivity contribution < 1.29 is 19.4 Å². The van der Waals surface area contributed by atoms with Crippen LogP contribution in [0.2, 0.25) is 5.02 Å². The van der Waals surface area contributed by atoms with Crippen LogP contribution < -0.4 is 0 Å². The summed E-state index contributed by atoms with van der Waals surface area (Å²) in [5.41, 5.74) is 1.32. The van der Waals surface area contributed by atoms with E-state index >= 15 is 0 Å². The number of carboxylic acid groups (broad SMARTS) is 1. The summed E-state index contributed by atoms with van der Waals surface area (Å²) in [6, 6.07) is 7.07. The van der Waals surface area contributed by atoms with E-state index in [-0.39, 0.29) is 24.5 Å². The molecule has 2 heterocycles. The number of rotatable bonds is 6. The monoisotopic (exact) mass is 377 g/mol. The maximum absolute atomic E-state index is 12.8. The fourth-order valence-electron chi connectivity index (χ4n) is 3.22. The first-order valence-corrected chi connectivity index (χ1v) is 8.67. The zero-order valence-electron chi connectivity index (χ0n) is 14.3. The molecular weight excluding hydrogens is 358 g/mol. The Bertz CT molecular complexity index is 807. The van der Waals surface area contributed by atoms with E-state index in [4.69, 9.17) is 21.4 Å². The second-order valence-electron chi connectivity index (χ2n) is 6.32. The zero-order valence-corrected chi connectivity index (χ0v) is 15.1. The number of ether oxygens (including phenoxy) is 1. The highest BCUT2D eigenvalue weighted by Gasteiger charge is 2.37. The van der Waals surface area contributed by atoms with Gasteiger partial charge in [-0.2, -0.15) is 5.10 Å². The van der Waals surface area contributed by atoms with Gasteiger partial charge in [0.05, 0.1) is 30.8 Å². The van der Waals surface area contributed by atoms with Crippen molar-refractivity contribution in [3.8, 4) is 0 Å². The molecule has 3 rings (SSSR count). The van der Waals surface area contributed by atoms with Gasteiger partial charge in [-0.15, -0.1) is 0 Å². The molecule has 0 radical (unpaired) electrons. The largest absolute Gasteiger partial charge is 0.481 e. The number of benzene rings is 1. The molecule has 1 saturated heterocycles. The van der Waals surface area contributed by atoms with Gasteiger partial charge in [0.25, 0.3) is 5.91 Å². The highest BCUT2D eigenvalue weighted by molar-refractivity contribution is 6.31. The molecule has 1 N–H and O–H groups in total. The van der Waals surface area contributed by atoms with E-state index in [0.29, 0.717) is 30.1 Å². The Kier molecular flexibility index (Phi) is 5.58. The number of nitrogens with zero attached hydrogens (tertiary/aromatic N) is 3. The standard InChI is InChI=1S/C18H20ClN3O4/c1-26-15-6-14(7-17(23)24)22(11-15)18(25)13-8-20-21(10-13)9-12-4-2-3-5-16(12)19/h2-5,8,10,14-15H,6-7,9,11H2,1H3,(H,23,24). The molecule has 2 unspecified atom stereocenters. The van der Waals surface area contributed by atoms with Crippen LogP contribution >= 0.6 is 11.6 Å². The third-order valence-electron chi connectivity index (χ3n) is 4.55. The lowest BCUT2D eigenvalue weighted by atomic mass is 10.1. The van der Waals surface area contributed by atoms with Gasteiger partial charge < -0.3 is 14.7 Å². The quantitative estimate of drug-likeness (QED) is 0.834. The summed E-state index contributed by atoms with van der Waals surface area (Å²) in [7, 11) is 1.57. The average molecular weight is 378 g/mol. The van der Waals surface area contributed by atoms with Gasteiger partial charge in [0.2, 0.25) is 0 Å². The van der Waals surface area contributed by atoms with Crippen LogP contribution in [0.5, 0.6) is 0 Å². The zero-order chi connectivity index (χ0) is 18.7. The topological polar surface area (TPSA) is 84.7 Å².